The molecule has 0 atom stereocenters. The zero-order chi connectivity index (χ0) is 21.8. The van der Waals surface area contributed by atoms with Gasteiger partial charge in [0.25, 0.3) is 17.4 Å². The fraction of sp³-hybridized carbons (Fsp3) is 0.136. The van der Waals surface area contributed by atoms with Gasteiger partial charge in [0, 0.05) is 18.8 Å². The largest absolute Gasteiger partial charge is 0.495 e. The fourth-order valence-electron chi connectivity index (χ4n) is 3.01. The van der Waals surface area contributed by atoms with Crippen molar-refractivity contribution in [2.75, 3.05) is 19.5 Å². The number of nitrogens with zero attached hydrogens (tertiary/aromatic N) is 1. The molecule has 0 aliphatic carbocycles. The number of hydrogen-bond acceptors (Lipinski definition) is 4. The lowest BCUT2D eigenvalue weighted by atomic mass is 10.1. The number of pyridine rings is 1. The first-order chi connectivity index (χ1) is 14.4. The highest BCUT2D eigenvalue weighted by Crippen LogP contribution is 2.24. The molecule has 0 saturated carbocycles. The third kappa shape index (κ3) is 4.06. The molecular weight excluding hydrogens is 406 g/mol. The molecule has 0 aliphatic rings. The van der Waals surface area contributed by atoms with Crippen molar-refractivity contribution in [3.05, 3.63) is 86.8 Å². The number of rotatable bonds is 5. The molecule has 2 amide bonds. The second-order valence-electron chi connectivity index (χ2n) is 6.45. The normalized spacial score (nSPS) is 10.4. The summed E-state index contributed by atoms with van der Waals surface area (Å²) in [6.07, 6.45) is 1.59. The molecule has 8 heteroatoms. The Kier molecular flexibility index (Phi) is 6.23. The molecule has 30 heavy (non-hydrogen) atoms. The Morgan fingerprint density at radius 1 is 1.07 bits per heavy atom. The summed E-state index contributed by atoms with van der Waals surface area (Å²) in [4.78, 5) is 38.0. The fourth-order valence-corrected chi connectivity index (χ4v) is 3.18. The van der Waals surface area contributed by atoms with Gasteiger partial charge in [-0.1, -0.05) is 23.7 Å². The van der Waals surface area contributed by atoms with E-state index in [0.29, 0.717) is 22.6 Å². The van der Waals surface area contributed by atoms with E-state index in [0.717, 1.165) is 0 Å². The predicted octanol–water partition coefficient (Wildman–Crippen LogP) is 3.42. The smallest absolute Gasteiger partial charge is 0.268 e. The number of aromatic nitrogens is 1. The van der Waals surface area contributed by atoms with Crippen molar-refractivity contribution < 1.29 is 14.3 Å². The highest BCUT2D eigenvalue weighted by Gasteiger charge is 2.19. The van der Waals surface area contributed by atoms with Crippen molar-refractivity contribution >= 4 is 29.1 Å². The first-order valence-electron chi connectivity index (χ1n) is 9.06. The van der Waals surface area contributed by atoms with Gasteiger partial charge in [0.1, 0.15) is 11.3 Å². The number of halogens is 1. The molecule has 1 heterocycles. The van der Waals surface area contributed by atoms with Gasteiger partial charge in [0.05, 0.1) is 23.5 Å². The number of para-hydroxylation sites is 2. The quantitative estimate of drug-likeness (QED) is 0.655. The predicted molar refractivity (Wildman–Crippen MR) is 116 cm³/mol. The monoisotopic (exact) mass is 425 g/mol. The summed E-state index contributed by atoms with van der Waals surface area (Å²) in [5, 5.41) is 5.39. The molecule has 0 radical (unpaired) electrons. The number of ether oxygens (including phenoxy) is 1. The van der Waals surface area contributed by atoms with Gasteiger partial charge in [-0.15, -0.1) is 0 Å². The van der Waals surface area contributed by atoms with E-state index in [1.807, 2.05) is 0 Å². The third-order valence-electron chi connectivity index (χ3n) is 4.58. The van der Waals surface area contributed by atoms with E-state index >= 15 is 0 Å². The lowest BCUT2D eigenvalue weighted by Crippen LogP contribution is -2.29. The summed E-state index contributed by atoms with van der Waals surface area (Å²) in [7, 11) is 3.01. The van der Waals surface area contributed by atoms with E-state index in [1.54, 1.807) is 49.5 Å². The third-order valence-corrected chi connectivity index (χ3v) is 4.91. The van der Waals surface area contributed by atoms with Crippen LogP contribution in [0, 0.1) is 6.92 Å². The van der Waals surface area contributed by atoms with Crippen LogP contribution in [-0.2, 0) is 0 Å². The number of anilines is 1. The van der Waals surface area contributed by atoms with Gasteiger partial charge in [0.2, 0.25) is 0 Å². The Bertz CT molecular complexity index is 1190. The lowest BCUT2D eigenvalue weighted by Gasteiger charge is -2.14. The van der Waals surface area contributed by atoms with Gasteiger partial charge in [-0.2, -0.15) is 0 Å². The summed E-state index contributed by atoms with van der Waals surface area (Å²) in [5.41, 5.74) is 1.03. The number of hydrogen-bond donors (Lipinski definition) is 2. The number of methoxy groups -OCH3 is 1. The number of benzene rings is 2. The van der Waals surface area contributed by atoms with Crippen molar-refractivity contribution in [2.24, 2.45) is 0 Å². The Morgan fingerprint density at radius 2 is 1.80 bits per heavy atom. The van der Waals surface area contributed by atoms with E-state index in [1.165, 1.54) is 30.9 Å². The van der Waals surface area contributed by atoms with Crippen LogP contribution in [0.4, 0.5) is 5.69 Å². The van der Waals surface area contributed by atoms with Crippen LogP contribution >= 0.6 is 11.6 Å². The zero-order valence-electron chi connectivity index (χ0n) is 16.7. The SMILES string of the molecule is CNC(=O)c1ccc(Cl)c(NC(=O)c2c(C)ccn(-c3ccccc3OC)c2=O)c1. The van der Waals surface area contributed by atoms with Crippen LogP contribution in [0.2, 0.25) is 5.02 Å². The van der Waals surface area contributed by atoms with E-state index < -0.39 is 11.5 Å². The number of carbonyl (C=O) groups excluding carboxylic acids is 2. The molecule has 0 aliphatic heterocycles. The van der Waals surface area contributed by atoms with Crippen LogP contribution in [0.15, 0.2) is 59.5 Å². The Morgan fingerprint density at radius 3 is 2.50 bits per heavy atom. The van der Waals surface area contributed by atoms with Crippen molar-refractivity contribution in [1.29, 1.82) is 0 Å². The van der Waals surface area contributed by atoms with E-state index in [4.69, 9.17) is 16.3 Å². The standard InChI is InChI=1S/C22H20ClN3O4/c1-13-10-11-26(17-6-4-5-7-18(17)30-3)22(29)19(13)21(28)25-16-12-14(20(27)24-2)8-9-15(16)23/h4-12H,1-3H3,(H,24,27)(H,25,28). The van der Waals surface area contributed by atoms with E-state index in [9.17, 15) is 14.4 Å². The number of aryl methyl sites for hydroxylation is 1. The van der Waals surface area contributed by atoms with E-state index in [-0.39, 0.29) is 22.2 Å². The van der Waals surface area contributed by atoms with Crippen LogP contribution in [0.25, 0.3) is 5.69 Å². The Hall–Kier alpha value is -3.58. The summed E-state index contributed by atoms with van der Waals surface area (Å²) in [6, 6.07) is 13.2. The molecule has 7 nitrogen and oxygen atoms in total. The lowest BCUT2D eigenvalue weighted by molar-refractivity contribution is 0.0961. The molecular formula is C22H20ClN3O4. The van der Waals surface area contributed by atoms with E-state index in [2.05, 4.69) is 10.6 Å². The second-order valence-corrected chi connectivity index (χ2v) is 6.86. The van der Waals surface area contributed by atoms with Crippen LogP contribution in [-0.4, -0.2) is 30.5 Å². The summed E-state index contributed by atoms with van der Waals surface area (Å²) >= 11 is 6.18. The highest BCUT2D eigenvalue weighted by molar-refractivity contribution is 6.34. The van der Waals surface area contributed by atoms with Gasteiger partial charge in [-0.05, 0) is 48.9 Å². The van der Waals surface area contributed by atoms with Crippen LogP contribution in [0.1, 0.15) is 26.3 Å². The summed E-state index contributed by atoms with van der Waals surface area (Å²) < 4.78 is 6.68. The minimum absolute atomic E-state index is 0.0372. The molecule has 1 aromatic heterocycles. The first-order valence-corrected chi connectivity index (χ1v) is 9.43. The minimum atomic E-state index is -0.627. The second kappa shape index (κ2) is 8.84. The zero-order valence-corrected chi connectivity index (χ0v) is 17.4. The molecule has 2 N–H and O–H groups in total. The number of amides is 2. The van der Waals surface area contributed by atoms with Gasteiger partial charge in [0.15, 0.2) is 0 Å². The van der Waals surface area contributed by atoms with Gasteiger partial charge in [-0.3, -0.25) is 19.0 Å². The minimum Gasteiger partial charge on any atom is -0.495 e. The van der Waals surface area contributed by atoms with Crippen molar-refractivity contribution in [3.63, 3.8) is 0 Å². The summed E-state index contributed by atoms with van der Waals surface area (Å²) in [6.45, 7) is 1.67. The molecule has 0 unspecified atom stereocenters. The molecule has 0 fully saturated rings. The maximum absolute atomic E-state index is 13.1. The maximum Gasteiger partial charge on any atom is 0.268 e. The Labute approximate surface area is 178 Å². The molecule has 0 spiro atoms. The highest BCUT2D eigenvalue weighted by atomic mass is 35.5. The average Bonchev–Trinajstić information content (AvgIpc) is 2.75. The summed E-state index contributed by atoms with van der Waals surface area (Å²) in [5.74, 6) is -0.453. The topological polar surface area (TPSA) is 89.4 Å². The molecule has 3 rings (SSSR count). The number of nitrogens with one attached hydrogen (secondary N) is 2. The Balaban J connectivity index is 2.04. The van der Waals surface area contributed by atoms with Crippen molar-refractivity contribution in [3.8, 4) is 11.4 Å². The van der Waals surface area contributed by atoms with Crippen LogP contribution in [0.5, 0.6) is 5.75 Å². The van der Waals surface area contributed by atoms with Crippen LogP contribution < -0.4 is 20.9 Å². The molecule has 3 aromatic rings. The van der Waals surface area contributed by atoms with Crippen molar-refractivity contribution in [1.82, 2.24) is 9.88 Å². The molecule has 2 aromatic carbocycles. The molecule has 0 saturated heterocycles. The maximum atomic E-state index is 13.1. The molecule has 154 valence electrons. The van der Waals surface area contributed by atoms with Gasteiger partial charge >= 0.3 is 0 Å². The first kappa shape index (κ1) is 21.1. The van der Waals surface area contributed by atoms with Crippen molar-refractivity contribution in [2.45, 2.75) is 6.92 Å². The number of carbonyl (C=O) groups is 2. The van der Waals surface area contributed by atoms with Gasteiger partial charge in [-0.25, -0.2) is 0 Å². The molecule has 0 bridgehead atoms. The average molecular weight is 426 g/mol. The van der Waals surface area contributed by atoms with Gasteiger partial charge < -0.3 is 15.4 Å². The van der Waals surface area contributed by atoms with Crippen LogP contribution in [0.3, 0.4) is 0 Å².